The topological polar surface area (TPSA) is 72.3 Å². The Labute approximate surface area is 158 Å². The predicted molar refractivity (Wildman–Crippen MR) is 104 cm³/mol. The number of carbonyl (C=O) groups is 2. The number of halogens is 1. The van der Waals surface area contributed by atoms with Crippen molar-refractivity contribution in [2.45, 2.75) is 58.0 Å². The van der Waals surface area contributed by atoms with Gasteiger partial charge < -0.3 is 10.6 Å². The maximum atomic E-state index is 13.0. The summed E-state index contributed by atoms with van der Waals surface area (Å²) in [6, 6.07) is 3.44. The van der Waals surface area contributed by atoms with E-state index in [0.29, 0.717) is 16.6 Å². The number of benzene rings is 1. The highest BCUT2D eigenvalue weighted by atomic mass is 35.5. The van der Waals surface area contributed by atoms with Crippen LogP contribution in [-0.4, -0.2) is 23.9 Å². The van der Waals surface area contributed by atoms with Crippen LogP contribution in [0.1, 0.15) is 46.0 Å². The molecule has 6 heteroatoms. The first-order valence-corrected chi connectivity index (χ1v) is 9.65. The zero-order chi connectivity index (χ0) is 18.7. The fraction of sp³-hybridized carbons (Fsp3) is 0.500. The molecule has 1 atom stereocenters. The Morgan fingerprint density at radius 3 is 2.62 bits per heavy atom. The van der Waals surface area contributed by atoms with Gasteiger partial charge in [-0.05, 0) is 36.1 Å². The number of carbonyl (C=O) groups excluding carboxylic acids is 2. The Kier molecular flexibility index (Phi) is 5.99. The third kappa shape index (κ3) is 4.46. The van der Waals surface area contributed by atoms with Crippen molar-refractivity contribution in [2.24, 2.45) is 5.92 Å². The minimum absolute atomic E-state index is 0.0664. The molecule has 3 rings (SSSR count). The lowest BCUT2D eigenvalue weighted by Gasteiger charge is -2.31. The minimum atomic E-state index is -0.307. The number of rotatable bonds is 5. The van der Waals surface area contributed by atoms with Crippen LogP contribution < -0.4 is 26.4 Å². The van der Waals surface area contributed by atoms with Crippen LogP contribution in [-0.2, 0) is 9.59 Å². The standard InChI is InChI=1S/C20H25ClN3O2/c1-12(2)23-19(13-6-4-3-5-7-13)20(26)24-17-9-14-10-18(25)22-11-15(14)8-16(17)21/h8-13,19,23H,3-7H2,1-2H3,(H,24,26)/t19-/m0/s1. The first kappa shape index (κ1) is 18.9. The van der Waals surface area contributed by atoms with Crippen LogP contribution in [0.15, 0.2) is 12.1 Å². The second-order valence-corrected chi connectivity index (χ2v) is 7.80. The van der Waals surface area contributed by atoms with E-state index in [4.69, 9.17) is 11.6 Å². The van der Waals surface area contributed by atoms with Gasteiger partial charge >= 0.3 is 0 Å². The second-order valence-electron chi connectivity index (χ2n) is 7.39. The Balaban J connectivity index is 1.84. The van der Waals surface area contributed by atoms with Gasteiger partial charge in [-0.2, -0.15) is 0 Å². The first-order chi connectivity index (χ1) is 12.4. The highest BCUT2D eigenvalue weighted by Gasteiger charge is 2.30. The minimum Gasteiger partial charge on any atom is -0.323 e. The Hall–Kier alpha value is -1.85. The summed E-state index contributed by atoms with van der Waals surface area (Å²) in [5.41, 5.74) is 0.529. The van der Waals surface area contributed by atoms with Gasteiger partial charge in [0.2, 0.25) is 5.91 Å². The average Bonchev–Trinajstić information content (AvgIpc) is 2.61. The number of hydrogen-bond donors (Lipinski definition) is 2. The van der Waals surface area contributed by atoms with Crippen LogP contribution in [0.3, 0.4) is 0 Å². The normalized spacial score (nSPS) is 18.4. The summed E-state index contributed by atoms with van der Waals surface area (Å²) >= 11 is 6.34. The van der Waals surface area contributed by atoms with E-state index < -0.39 is 0 Å². The Bertz CT molecular complexity index is 813. The molecule has 0 saturated heterocycles. The molecule has 1 aliphatic heterocycles. The first-order valence-electron chi connectivity index (χ1n) is 9.27. The van der Waals surface area contributed by atoms with Crippen molar-refractivity contribution in [3.63, 3.8) is 0 Å². The number of nitrogens with one attached hydrogen (secondary N) is 2. The highest BCUT2D eigenvalue weighted by molar-refractivity contribution is 6.33. The van der Waals surface area contributed by atoms with Gasteiger partial charge in [-0.1, -0.05) is 44.7 Å². The predicted octanol–water partition coefficient (Wildman–Crippen LogP) is 1.89. The van der Waals surface area contributed by atoms with Crippen LogP contribution in [0.5, 0.6) is 0 Å². The van der Waals surface area contributed by atoms with Gasteiger partial charge in [-0.3, -0.25) is 9.59 Å². The second kappa shape index (κ2) is 8.23. The molecule has 1 saturated carbocycles. The van der Waals surface area contributed by atoms with E-state index in [1.807, 2.05) is 0 Å². The number of fused-ring (bicyclic) bond motifs is 1. The molecule has 0 bridgehead atoms. The van der Waals surface area contributed by atoms with E-state index in [1.54, 1.807) is 12.1 Å². The molecular weight excluding hydrogens is 350 g/mol. The molecule has 1 aromatic carbocycles. The summed E-state index contributed by atoms with van der Waals surface area (Å²) in [6.45, 7) is 4.10. The quantitative estimate of drug-likeness (QED) is 0.826. The summed E-state index contributed by atoms with van der Waals surface area (Å²) in [5, 5.41) is 12.1. The molecule has 0 unspecified atom stereocenters. The summed E-state index contributed by atoms with van der Waals surface area (Å²) < 4.78 is 0. The third-order valence-electron chi connectivity index (χ3n) is 4.96. The van der Waals surface area contributed by atoms with Crippen LogP contribution in [0.4, 0.5) is 5.69 Å². The van der Waals surface area contributed by atoms with Crippen molar-refractivity contribution in [3.05, 3.63) is 27.6 Å². The van der Waals surface area contributed by atoms with Gasteiger partial charge in [0.15, 0.2) is 0 Å². The number of anilines is 1. The SMILES string of the molecule is CC(C)N[C@H](C(=O)Nc1cc2c(cc1Cl)=C[N]C(=O)C=2)C1CCCCC1. The van der Waals surface area contributed by atoms with Gasteiger partial charge in [0, 0.05) is 23.5 Å². The summed E-state index contributed by atoms with van der Waals surface area (Å²) in [7, 11) is 0. The molecule has 2 N–H and O–H groups in total. The van der Waals surface area contributed by atoms with Crippen molar-refractivity contribution in [1.29, 1.82) is 0 Å². The largest absolute Gasteiger partial charge is 0.323 e. The van der Waals surface area contributed by atoms with E-state index in [2.05, 4.69) is 29.8 Å². The van der Waals surface area contributed by atoms with Crippen molar-refractivity contribution in [3.8, 4) is 0 Å². The van der Waals surface area contributed by atoms with Crippen molar-refractivity contribution < 1.29 is 9.59 Å². The third-order valence-corrected chi connectivity index (χ3v) is 5.27. The molecule has 2 amide bonds. The molecule has 1 aromatic rings. The van der Waals surface area contributed by atoms with E-state index >= 15 is 0 Å². The van der Waals surface area contributed by atoms with E-state index in [9.17, 15) is 9.59 Å². The van der Waals surface area contributed by atoms with Crippen molar-refractivity contribution in [1.82, 2.24) is 10.6 Å². The van der Waals surface area contributed by atoms with Crippen molar-refractivity contribution in [2.75, 3.05) is 5.32 Å². The van der Waals surface area contributed by atoms with Gasteiger partial charge in [0.25, 0.3) is 5.91 Å². The maximum absolute atomic E-state index is 13.0. The summed E-state index contributed by atoms with van der Waals surface area (Å²) in [6.07, 6.45) is 8.67. The summed E-state index contributed by atoms with van der Waals surface area (Å²) in [5.74, 6) is -0.0373. The van der Waals surface area contributed by atoms with Gasteiger partial charge in [-0.25, -0.2) is 5.32 Å². The van der Waals surface area contributed by atoms with E-state index in [1.165, 1.54) is 31.5 Å². The lowest BCUT2D eigenvalue weighted by Crippen LogP contribution is -2.49. The molecule has 1 radical (unpaired) electrons. The molecule has 5 nitrogen and oxygen atoms in total. The van der Waals surface area contributed by atoms with Crippen molar-refractivity contribution >= 4 is 41.4 Å². The van der Waals surface area contributed by atoms with Gasteiger partial charge in [-0.15, -0.1) is 0 Å². The smallest absolute Gasteiger partial charge is 0.270 e. The molecular formula is C20H25ClN3O2. The van der Waals surface area contributed by atoms with E-state index in [0.717, 1.165) is 23.3 Å². The van der Waals surface area contributed by atoms with Crippen LogP contribution in [0.2, 0.25) is 5.02 Å². The molecule has 139 valence electrons. The fourth-order valence-electron chi connectivity index (χ4n) is 3.70. The molecule has 0 spiro atoms. The monoisotopic (exact) mass is 374 g/mol. The zero-order valence-electron chi connectivity index (χ0n) is 15.2. The van der Waals surface area contributed by atoms with Gasteiger partial charge in [0.1, 0.15) is 0 Å². The van der Waals surface area contributed by atoms with Crippen LogP contribution in [0, 0.1) is 5.92 Å². The zero-order valence-corrected chi connectivity index (χ0v) is 16.0. The molecule has 2 aliphatic rings. The maximum Gasteiger partial charge on any atom is 0.270 e. The molecule has 1 heterocycles. The number of nitrogens with zero attached hydrogens (tertiary/aromatic N) is 1. The number of amides is 2. The Morgan fingerprint density at radius 2 is 1.92 bits per heavy atom. The summed E-state index contributed by atoms with van der Waals surface area (Å²) in [4.78, 5) is 24.5. The molecule has 1 aliphatic carbocycles. The fourth-order valence-corrected chi connectivity index (χ4v) is 3.92. The van der Waals surface area contributed by atoms with Crippen LogP contribution >= 0.6 is 11.6 Å². The molecule has 26 heavy (non-hydrogen) atoms. The molecule has 0 aromatic heterocycles. The number of hydrogen-bond acceptors (Lipinski definition) is 3. The average molecular weight is 375 g/mol. The van der Waals surface area contributed by atoms with E-state index in [-0.39, 0.29) is 23.9 Å². The lowest BCUT2D eigenvalue weighted by atomic mass is 9.83. The lowest BCUT2D eigenvalue weighted by molar-refractivity contribution is -0.120. The van der Waals surface area contributed by atoms with Crippen LogP contribution in [0.25, 0.3) is 12.3 Å². The Morgan fingerprint density at radius 1 is 1.19 bits per heavy atom. The highest BCUT2D eigenvalue weighted by Crippen LogP contribution is 2.28. The molecule has 1 fully saturated rings. The van der Waals surface area contributed by atoms with Gasteiger partial charge in [0.05, 0.1) is 16.8 Å².